The highest BCUT2D eigenvalue weighted by Crippen LogP contribution is 2.39. The second-order valence-corrected chi connectivity index (χ2v) is 7.24. The maximum atomic E-state index is 13.0. The van der Waals surface area contributed by atoms with Crippen molar-refractivity contribution in [3.8, 4) is 0 Å². The number of hydrogen-bond acceptors (Lipinski definition) is 3. The van der Waals surface area contributed by atoms with Gasteiger partial charge < -0.3 is 10.2 Å². The van der Waals surface area contributed by atoms with Crippen molar-refractivity contribution >= 4 is 11.5 Å². The van der Waals surface area contributed by atoms with Crippen LogP contribution in [0.5, 0.6) is 0 Å². The van der Waals surface area contributed by atoms with E-state index >= 15 is 0 Å². The third-order valence-electron chi connectivity index (χ3n) is 5.45. The number of piperidine rings is 1. The third kappa shape index (κ3) is 3.50. The lowest BCUT2D eigenvalue weighted by Gasteiger charge is -2.39. The normalized spacial score (nSPS) is 22.8. The first-order valence-corrected chi connectivity index (χ1v) is 9.12. The Morgan fingerprint density at radius 1 is 1.15 bits per heavy atom. The lowest BCUT2D eigenvalue weighted by Crippen LogP contribution is -2.43. The molecule has 1 N–H and O–H groups in total. The van der Waals surface area contributed by atoms with Crippen LogP contribution in [0.4, 0.5) is 24.7 Å². The molecule has 0 bridgehead atoms. The standard InChI is InChI=1S/C20H22F3N3/c21-20(22,23)16-12-18-19(25-13-16)26-9-7-15(11-17(26)6-8-24-18)10-14-4-2-1-3-5-14/h1-5,12-13,15,17,24H,6-11H2. The Morgan fingerprint density at radius 3 is 2.73 bits per heavy atom. The molecule has 2 unspecified atom stereocenters. The predicted molar refractivity (Wildman–Crippen MR) is 96.3 cm³/mol. The molecular weight excluding hydrogens is 339 g/mol. The van der Waals surface area contributed by atoms with Gasteiger partial charge in [0.2, 0.25) is 0 Å². The summed E-state index contributed by atoms with van der Waals surface area (Å²) >= 11 is 0. The SMILES string of the molecule is FC(F)(F)c1cnc2c(c1)NCCC1CC(Cc3ccccc3)CCN21. The molecular formula is C20H22F3N3. The summed E-state index contributed by atoms with van der Waals surface area (Å²) in [4.78, 5) is 6.39. The Kier molecular flexibility index (Phi) is 4.51. The van der Waals surface area contributed by atoms with Crippen LogP contribution >= 0.6 is 0 Å². The van der Waals surface area contributed by atoms with Gasteiger partial charge in [0.25, 0.3) is 0 Å². The zero-order valence-electron chi connectivity index (χ0n) is 14.5. The molecule has 4 rings (SSSR count). The van der Waals surface area contributed by atoms with E-state index in [1.54, 1.807) is 0 Å². The topological polar surface area (TPSA) is 28.2 Å². The molecule has 2 aromatic rings. The minimum absolute atomic E-state index is 0.329. The van der Waals surface area contributed by atoms with Crippen LogP contribution in [-0.2, 0) is 12.6 Å². The van der Waals surface area contributed by atoms with Crippen LogP contribution in [0.1, 0.15) is 30.4 Å². The molecule has 138 valence electrons. The first kappa shape index (κ1) is 17.2. The summed E-state index contributed by atoms with van der Waals surface area (Å²) in [5, 5.41) is 3.15. The highest BCUT2D eigenvalue weighted by atomic mass is 19.4. The van der Waals surface area contributed by atoms with E-state index in [1.807, 2.05) is 6.07 Å². The fourth-order valence-electron chi connectivity index (χ4n) is 4.16. The molecule has 3 nitrogen and oxygen atoms in total. The van der Waals surface area contributed by atoms with E-state index in [-0.39, 0.29) is 0 Å². The molecule has 0 radical (unpaired) electrons. The lowest BCUT2D eigenvalue weighted by atomic mass is 9.85. The van der Waals surface area contributed by atoms with Gasteiger partial charge in [-0.3, -0.25) is 0 Å². The fourth-order valence-corrected chi connectivity index (χ4v) is 4.16. The van der Waals surface area contributed by atoms with Crippen molar-refractivity contribution in [3.63, 3.8) is 0 Å². The van der Waals surface area contributed by atoms with E-state index in [4.69, 9.17) is 0 Å². The van der Waals surface area contributed by atoms with Gasteiger partial charge in [-0.05, 0) is 43.2 Å². The van der Waals surface area contributed by atoms with Crippen LogP contribution in [0.25, 0.3) is 0 Å². The van der Waals surface area contributed by atoms with Crippen LogP contribution in [0.15, 0.2) is 42.6 Å². The molecule has 0 saturated carbocycles. The number of anilines is 2. The summed E-state index contributed by atoms with van der Waals surface area (Å²) < 4.78 is 38.9. The smallest absolute Gasteiger partial charge is 0.382 e. The molecule has 2 aliphatic heterocycles. The van der Waals surface area contributed by atoms with Crippen molar-refractivity contribution in [1.82, 2.24) is 4.98 Å². The minimum atomic E-state index is -4.36. The monoisotopic (exact) mass is 361 g/mol. The Labute approximate surface area is 151 Å². The van der Waals surface area contributed by atoms with Gasteiger partial charge in [0, 0.05) is 25.3 Å². The van der Waals surface area contributed by atoms with E-state index in [1.165, 1.54) is 11.6 Å². The Balaban J connectivity index is 1.52. The van der Waals surface area contributed by atoms with Gasteiger partial charge in [0.05, 0.1) is 11.3 Å². The number of nitrogens with one attached hydrogen (secondary N) is 1. The fraction of sp³-hybridized carbons (Fsp3) is 0.450. The summed E-state index contributed by atoms with van der Waals surface area (Å²) in [6.45, 7) is 1.52. The van der Waals surface area contributed by atoms with E-state index in [9.17, 15) is 13.2 Å². The molecule has 2 atom stereocenters. The maximum Gasteiger partial charge on any atom is 0.417 e. The third-order valence-corrected chi connectivity index (χ3v) is 5.45. The van der Waals surface area contributed by atoms with Gasteiger partial charge in [-0.25, -0.2) is 4.98 Å². The summed E-state index contributed by atoms with van der Waals surface area (Å²) in [6, 6.07) is 12.0. The zero-order valence-corrected chi connectivity index (χ0v) is 14.5. The Morgan fingerprint density at radius 2 is 1.96 bits per heavy atom. The minimum Gasteiger partial charge on any atom is -0.382 e. The van der Waals surface area contributed by atoms with Crippen LogP contribution in [0, 0.1) is 5.92 Å². The van der Waals surface area contributed by atoms with E-state index in [2.05, 4.69) is 39.5 Å². The van der Waals surface area contributed by atoms with Gasteiger partial charge in [-0.15, -0.1) is 0 Å². The average Bonchev–Trinajstić information content (AvgIpc) is 2.80. The number of benzene rings is 1. The van der Waals surface area contributed by atoms with E-state index in [0.717, 1.165) is 38.4 Å². The maximum absolute atomic E-state index is 13.0. The molecule has 1 aromatic heterocycles. The number of aromatic nitrogens is 1. The van der Waals surface area contributed by atoms with Crippen LogP contribution in [0.3, 0.4) is 0 Å². The lowest BCUT2D eigenvalue weighted by molar-refractivity contribution is -0.137. The van der Waals surface area contributed by atoms with Gasteiger partial charge >= 0.3 is 6.18 Å². The average molecular weight is 361 g/mol. The molecule has 6 heteroatoms. The number of hydrogen-bond donors (Lipinski definition) is 1. The second-order valence-electron chi connectivity index (χ2n) is 7.24. The van der Waals surface area contributed by atoms with E-state index in [0.29, 0.717) is 30.0 Å². The van der Waals surface area contributed by atoms with Crippen molar-refractivity contribution in [1.29, 1.82) is 0 Å². The van der Waals surface area contributed by atoms with Crippen molar-refractivity contribution in [2.24, 2.45) is 5.92 Å². The largest absolute Gasteiger partial charge is 0.417 e. The van der Waals surface area contributed by atoms with E-state index < -0.39 is 11.7 Å². The van der Waals surface area contributed by atoms with Crippen molar-refractivity contribution in [3.05, 3.63) is 53.7 Å². The van der Waals surface area contributed by atoms with Crippen LogP contribution in [0.2, 0.25) is 0 Å². The number of pyridine rings is 1. The van der Waals surface area contributed by atoms with Crippen LogP contribution in [-0.4, -0.2) is 24.1 Å². The quantitative estimate of drug-likeness (QED) is 0.837. The van der Waals surface area contributed by atoms with Crippen LogP contribution < -0.4 is 10.2 Å². The molecule has 0 spiro atoms. The summed E-state index contributed by atoms with van der Waals surface area (Å²) in [7, 11) is 0. The van der Waals surface area contributed by atoms with Crippen molar-refractivity contribution < 1.29 is 13.2 Å². The summed E-state index contributed by atoms with van der Waals surface area (Å²) in [6.07, 6.45) is 0.665. The van der Waals surface area contributed by atoms with Gasteiger partial charge in [-0.2, -0.15) is 13.2 Å². The number of fused-ring (bicyclic) bond motifs is 3. The predicted octanol–water partition coefficient (Wildman–Crippen LogP) is 4.74. The van der Waals surface area contributed by atoms with Crippen molar-refractivity contribution in [2.75, 3.05) is 23.3 Å². The highest BCUT2D eigenvalue weighted by Gasteiger charge is 2.35. The zero-order chi connectivity index (χ0) is 18.1. The molecule has 1 saturated heterocycles. The van der Waals surface area contributed by atoms with Crippen molar-refractivity contribution in [2.45, 2.75) is 37.9 Å². The summed E-state index contributed by atoms with van der Waals surface area (Å²) in [5.41, 5.74) is 1.16. The highest BCUT2D eigenvalue weighted by molar-refractivity contribution is 5.68. The molecule has 1 fully saturated rings. The number of nitrogens with zero attached hydrogens (tertiary/aromatic N) is 2. The first-order chi connectivity index (χ1) is 12.5. The second kappa shape index (κ2) is 6.82. The van der Waals surface area contributed by atoms with Gasteiger partial charge in [0.1, 0.15) is 0 Å². The molecule has 0 aliphatic carbocycles. The molecule has 0 amide bonds. The molecule has 2 aliphatic rings. The Bertz CT molecular complexity index is 761. The first-order valence-electron chi connectivity index (χ1n) is 9.12. The van der Waals surface area contributed by atoms with Gasteiger partial charge in [0.15, 0.2) is 5.82 Å². The number of alkyl halides is 3. The molecule has 1 aromatic carbocycles. The number of rotatable bonds is 2. The Hall–Kier alpha value is -2.24. The van der Waals surface area contributed by atoms with Gasteiger partial charge in [-0.1, -0.05) is 30.3 Å². The molecule has 3 heterocycles. The number of halogens is 3. The summed E-state index contributed by atoms with van der Waals surface area (Å²) in [5.74, 6) is 1.27. The molecule has 26 heavy (non-hydrogen) atoms.